The van der Waals surface area contributed by atoms with Gasteiger partial charge in [0.15, 0.2) is 0 Å². The number of para-hydroxylation sites is 1. The minimum atomic E-state index is -0.126. The second-order valence-electron chi connectivity index (χ2n) is 5.65. The molecular weight excluding hydrogens is 250 g/mol. The van der Waals surface area contributed by atoms with E-state index in [9.17, 15) is 4.79 Å². The normalized spacial score (nSPS) is 17.9. The van der Waals surface area contributed by atoms with Gasteiger partial charge < -0.3 is 10.6 Å². The van der Waals surface area contributed by atoms with E-state index < -0.39 is 0 Å². The van der Waals surface area contributed by atoms with E-state index in [1.165, 1.54) is 0 Å². The fourth-order valence-electron chi connectivity index (χ4n) is 2.73. The molecule has 0 bridgehead atoms. The van der Waals surface area contributed by atoms with Gasteiger partial charge in [-0.15, -0.1) is 0 Å². The van der Waals surface area contributed by atoms with Crippen LogP contribution in [-0.2, 0) is 0 Å². The van der Waals surface area contributed by atoms with Crippen LogP contribution < -0.4 is 10.6 Å². The molecule has 2 heterocycles. The number of nitrogens with zero attached hydrogens (tertiary/aromatic N) is 1. The number of benzene rings is 1. The van der Waals surface area contributed by atoms with Gasteiger partial charge in [-0.2, -0.15) is 0 Å². The summed E-state index contributed by atoms with van der Waals surface area (Å²) in [5, 5.41) is 7.50. The molecule has 0 radical (unpaired) electrons. The maximum absolute atomic E-state index is 12.6. The van der Waals surface area contributed by atoms with Crippen LogP contribution in [0.15, 0.2) is 36.5 Å². The highest BCUT2D eigenvalue weighted by atomic mass is 16.1. The zero-order valence-electron chi connectivity index (χ0n) is 11.6. The smallest absolute Gasteiger partial charge is 0.253 e. The fraction of sp³-hybridized carbons (Fsp3) is 0.375. The molecule has 0 aliphatic carbocycles. The average Bonchev–Trinajstić information content (AvgIpc) is 2.47. The first-order valence-electron chi connectivity index (χ1n) is 7.05. The Hall–Kier alpha value is -1.94. The van der Waals surface area contributed by atoms with Crippen LogP contribution in [0.25, 0.3) is 10.9 Å². The maximum Gasteiger partial charge on any atom is 0.253 e. The van der Waals surface area contributed by atoms with Crippen LogP contribution in [0.3, 0.4) is 0 Å². The summed E-state index contributed by atoms with van der Waals surface area (Å²) in [5.74, 6) is -0.0290. The zero-order chi connectivity index (χ0) is 14.0. The molecule has 1 amide bonds. The van der Waals surface area contributed by atoms with Crippen LogP contribution in [0.1, 0.15) is 30.1 Å². The molecule has 20 heavy (non-hydrogen) atoms. The largest absolute Gasteiger partial charge is 0.347 e. The Kier molecular flexibility index (Phi) is 3.40. The summed E-state index contributed by atoms with van der Waals surface area (Å²) in [6.45, 7) is 4.01. The molecule has 0 spiro atoms. The highest BCUT2D eigenvalue weighted by Gasteiger charge is 2.29. The molecule has 1 fully saturated rings. The first-order chi connectivity index (χ1) is 9.68. The van der Waals surface area contributed by atoms with E-state index in [0.717, 1.165) is 36.8 Å². The summed E-state index contributed by atoms with van der Waals surface area (Å²) in [4.78, 5) is 16.9. The molecule has 0 atom stereocenters. The second-order valence-corrected chi connectivity index (χ2v) is 5.65. The van der Waals surface area contributed by atoms with Gasteiger partial charge in [-0.25, -0.2) is 0 Å². The number of pyridine rings is 1. The highest BCUT2D eigenvalue weighted by Crippen LogP contribution is 2.20. The number of nitrogens with one attached hydrogen (secondary N) is 2. The molecule has 1 aromatic carbocycles. The minimum Gasteiger partial charge on any atom is -0.347 e. The van der Waals surface area contributed by atoms with Crippen LogP contribution in [0.5, 0.6) is 0 Å². The molecule has 2 aromatic rings. The number of rotatable bonds is 2. The third-order valence-electron chi connectivity index (χ3n) is 4.00. The summed E-state index contributed by atoms with van der Waals surface area (Å²) in [7, 11) is 0. The maximum atomic E-state index is 12.6. The van der Waals surface area contributed by atoms with E-state index in [4.69, 9.17) is 0 Å². The lowest BCUT2D eigenvalue weighted by atomic mass is 9.90. The molecule has 104 valence electrons. The predicted molar refractivity (Wildman–Crippen MR) is 79.7 cm³/mol. The van der Waals surface area contributed by atoms with E-state index in [1.54, 1.807) is 6.20 Å². The van der Waals surface area contributed by atoms with Crippen molar-refractivity contribution in [1.82, 2.24) is 15.6 Å². The van der Waals surface area contributed by atoms with Crippen LogP contribution in [-0.4, -0.2) is 29.5 Å². The van der Waals surface area contributed by atoms with Crippen molar-refractivity contribution in [2.45, 2.75) is 25.3 Å². The third-order valence-corrected chi connectivity index (χ3v) is 4.00. The molecule has 1 aliphatic heterocycles. The quantitative estimate of drug-likeness (QED) is 0.878. The minimum absolute atomic E-state index is 0.0290. The van der Waals surface area contributed by atoms with Gasteiger partial charge in [0, 0.05) is 17.1 Å². The van der Waals surface area contributed by atoms with Crippen molar-refractivity contribution in [3.8, 4) is 0 Å². The van der Waals surface area contributed by atoms with Crippen LogP contribution in [0.2, 0.25) is 0 Å². The van der Waals surface area contributed by atoms with Crippen LogP contribution in [0, 0.1) is 0 Å². The third kappa shape index (κ3) is 2.51. The summed E-state index contributed by atoms with van der Waals surface area (Å²) in [6, 6.07) is 9.59. The SMILES string of the molecule is CC1(NC(=O)c2cccc3cccnc23)CCNCC1. The van der Waals surface area contributed by atoms with Crippen molar-refractivity contribution < 1.29 is 4.79 Å². The van der Waals surface area contributed by atoms with Crippen LogP contribution in [0.4, 0.5) is 0 Å². The lowest BCUT2D eigenvalue weighted by Crippen LogP contribution is -2.52. The lowest BCUT2D eigenvalue weighted by molar-refractivity contribution is 0.0889. The Labute approximate surface area is 118 Å². The Balaban J connectivity index is 1.89. The number of carbonyl (C=O) groups is 1. The van der Waals surface area contributed by atoms with E-state index in [-0.39, 0.29) is 11.4 Å². The monoisotopic (exact) mass is 269 g/mol. The number of amides is 1. The van der Waals surface area contributed by atoms with E-state index in [2.05, 4.69) is 22.5 Å². The fourth-order valence-corrected chi connectivity index (χ4v) is 2.73. The standard InChI is InChI=1S/C16H19N3O/c1-16(7-10-17-11-8-16)19-15(20)13-6-2-4-12-5-3-9-18-14(12)13/h2-6,9,17H,7-8,10-11H2,1H3,(H,19,20). The molecule has 1 saturated heterocycles. The van der Waals surface area contributed by atoms with Gasteiger partial charge in [0.25, 0.3) is 5.91 Å². The Morgan fingerprint density at radius 1 is 1.25 bits per heavy atom. The number of carbonyl (C=O) groups excluding carboxylic acids is 1. The van der Waals surface area contributed by atoms with Crippen LogP contribution >= 0.6 is 0 Å². The van der Waals surface area contributed by atoms with E-state index in [1.807, 2.05) is 30.3 Å². The molecular formula is C16H19N3O. The first-order valence-corrected chi connectivity index (χ1v) is 7.05. The van der Waals surface area contributed by atoms with Gasteiger partial charge in [-0.1, -0.05) is 18.2 Å². The Bertz CT molecular complexity index is 627. The second kappa shape index (κ2) is 5.21. The molecule has 4 heteroatoms. The number of hydrogen-bond acceptors (Lipinski definition) is 3. The van der Waals surface area contributed by atoms with Crippen molar-refractivity contribution in [3.63, 3.8) is 0 Å². The summed E-state index contributed by atoms with van der Waals surface area (Å²) in [6.07, 6.45) is 3.64. The van der Waals surface area contributed by atoms with Crippen molar-refractivity contribution in [1.29, 1.82) is 0 Å². The van der Waals surface area contributed by atoms with Gasteiger partial charge in [0.2, 0.25) is 0 Å². The van der Waals surface area contributed by atoms with Gasteiger partial charge in [-0.05, 0) is 45.0 Å². The molecule has 0 saturated carbocycles. The number of hydrogen-bond donors (Lipinski definition) is 2. The van der Waals surface area contributed by atoms with Crippen molar-refractivity contribution in [2.24, 2.45) is 0 Å². The van der Waals surface area contributed by atoms with Gasteiger partial charge in [0.05, 0.1) is 11.1 Å². The summed E-state index contributed by atoms with van der Waals surface area (Å²) < 4.78 is 0. The summed E-state index contributed by atoms with van der Waals surface area (Å²) in [5.41, 5.74) is 1.30. The van der Waals surface area contributed by atoms with E-state index in [0.29, 0.717) is 5.56 Å². The highest BCUT2D eigenvalue weighted by molar-refractivity contribution is 6.05. The number of piperidine rings is 1. The lowest BCUT2D eigenvalue weighted by Gasteiger charge is -2.35. The van der Waals surface area contributed by atoms with Crippen molar-refractivity contribution in [2.75, 3.05) is 13.1 Å². The molecule has 1 aromatic heterocycles. The van der Waals surface area contributed by atoms with Gasteiger partial charge in [0.1, 0.15) is 0 Å². The Morgan fingerprint density at radius 3 is 2.80 bits per heavy atom. The summed E-state index contributed by atoms with van der Waals surface area (Å²) >= 11 is 0. The zero-order valence-corrected chi connectivity index (χ0v) is 11.6. The van der Waals surface area contributed by atoms with Crippen molar-refractivity contribution >= 4 is 16.8 Å². The number of fused-ring (bicyclic) bond motifs is 1. The molecule has 1 aliphatic rings. The average molecular weight is 269 g/mol. The van der Waals surface area contributed by atoms with Gasteiger partial charge in [-0.3, -0.25) is 9.78 Å². The molecule has 2 N–H and O–H groups in total. The van der Waals surface area contributed by atoms with Crippen molar-refractivity contribution in [3.05, 3.63) is 42.1 Å². The molecule has 3 rings (SSSR count). The Morgan fingerprint density at radius 2 is 2.00 bits per heavy atom. The topological polar surface area (TPSA) is 54.0 Å². The van der Waals surface area contributed by atoms with E-state index >= 15 is 0 Å². The number of aromatic nitrogens is 1. The molecule has 4 nitrogen and oxygen atoms in total. The van der Waals surface area contributed by atoms with Gasteiger partial charge >= 0.3 is 0 Å². The molecule has 0 unspecified atom stereocenters. The predicted octanol–water partition coefficient (Wildman–Crippen LogP) is 2.11. The first kappa shape index (κ1) is 13.1.